The van der Waals surface area contributed by atoms with Gasteiger partial charge in [0.2, 0.25) is 10.0 Å². The third-order valence-corrected chi connectivity index (χ3v) is 6.57. The molecule has 0 saturated heterocycles. The summed E-state index contributed by atoms with van der Waals surface area (Å²) in [5.41, 5.74) is 1.22. The van der Waals surface area contributed by atoms with Gasteiger partial charge >= 0.3 is 5.97 Å². The third kappa shape index (κ3) is 6.58. The number of hydrogen-bond acceptors (Lipinski definition) is 5. The van der Waals surface area contributed by atoms with Gasteiger partial charge in [-0.05, 0) is 37.7 Å². The molecule has 0 spiro atoms. The van der Waals surface area contributed by atoms with E-state index in [1.54, 1.807) is 6.07 Å². The first-order valence-electron chi connectivity index (χ1n) is 7.89. The van der Waals surface area contributed by atoms with Crippen LogP contribution < -0.4 is 4.72 Å². The van der Waals surface area contributed by atoms with Gasteiger partial charge in [-0.1, -0.05) is 30.3 Å². The lowest BCUT2D eigenvalue weighted by atomic mass is 10.2. The second kappa shape index (κ2) is 9.10. The monoisotopic (exact) mass is 382 g/mol. The van der Waals surface area contributed by atoms with Crippen molar-refractivity contribution < 1.29 is 18.3 Å². The molecule has 0 aliphatic heterocycles. The minimum atomic E-state index is -3.57. The number of hydrogen-bond donors (Lipinski definition) is 2. The fourth-order valence-corrected chi connectivity index (χ4v) is 4.81. The maximum absolute atomic E-state index is 12.2. The molecule has 0 saturated carbocycles. The molecule has 1 aromatic heterocycles. The van der Waals surface area contributed by atoms with Crippen LogP contribution in [0.2, 0.25) is 0 Å². The average Bonchev–Trinajstić information content (AvgIpc) is 3.01. The Morgan fingerprint density at radius 2 is 1.92 bits per heavy atom. The summed E-state index contributed by atoms with van der Waals surface area (Å²) in [5.74, 6) is -0.972. The molecule has 2 rings (SSSR count). The zero-order chi connectivity index (χ0) is 18.3. The topological polar surface area (TPSA) is 86.7 Å². The van der Waals surface area contributed by atoms with Crippen molar-refractivity contribution in [3.8, 4) is 0 Å². The van der Waals surface area contributed by atoms with Crippen LogP contribution in [0, 0.1) is 0 Å². The van der Waals surface area contributed by atoms with Crippen molar-refractivity contribution in [2.45, 2.75) is 23.6 Å². The van der Waals surface area contributed by atoms with Gasteiger partial charge < -0.3 is 10.0 Å². The summed E-state index contributed by atoms with van der Waals surface area (Å²) < 4.78 is 27.1. The number of carbonyl (C=O) groups is 1. The van der Waals surface area contributed by atoms with Gasteiger partial charge in [0.25, 0.3) is 0 Å². The summed E-state index contributed by atoms with van der Waals surface area (Å²) in [7, 11) is -1.58. The molecule has 0 amide bonds. The molecule has 6 nitrogen and oxygen atoms in total. The van der Waals surface area contributed by atoms with Crippen LogP contribution in [0.3, 0.4) is 0 Å². The van der Waals surface area contributed by atoms with E-state index in [1.807, 2.05) is 25.2 Å². The van der Waals surface area contributed by atoms with Crippen LogP contribution in [-0.4, -0.2) is 44.5 Å². The standard InChI is InChI=1S/C17H22N2O4S2/c1-19(13-14-6-3-2-4-7-14)11-5-10-18-25(22,23)17-9-8-15(24-17)12-16(20)21/h2-4,6-9,18H,5,10-13H2,1H3,(H,20,21). The van der Waals surface area contributed by atoms with Gasteiger partial charge in [0.1, 0.15) is 4.21 Å². The molecule has 2 N–H and O–H groups in total. The maximum Gasteiger partial charge on any atom is 0.308 e. The van der Waals surface area contributed by atoms with Gasteiger partial charge in [0.15, 0.2) is 0 Å². The van der Waals surface area contributed by atoms with E-state index >= 15 is 0 Å². The number of rotatable bonds is 10. The highest BCUT2D eigenvalue weighted by Gasteiger charge is 2.17. The van der Waals surface area contributed by atoms with Crippen molar-refractivity contribution in [2.24, 2.45) is 0 Å². The summed E-state index contributed by atoms with van der Waals surface area (Å²) in [6.45, 7) is 1.93. The van der Waals surface area contributed by atoms with Crippen molar-refractivity contribution in [3.05, 3.63) is 52.9 Å². The smallest absolute Gasteiger partial charge is 0.308 e. The summed E-state index contributed by atoms with van der Waals surface area (Å²) in [6, 6.07) is 13.1. The molecule has 0 atom stereocenters. The van der Waals surface area contributed by atoms with Crippen molar-refractivity contribution in [3.63, 3.8) is 0 Å². The summed E-state index contributed by atoms with van der Waals surface area (Å²) in [4.78, 5) is 13.3. The van der Waals surface area contributed by atoms with E-state index < -0.39 is 16.0 Å². The second-order valence-corrected chi connectivity index (χ2v) is 8.93. The highest BCUT2D eigenvalue weighted by Crippen LogP contribution is 2.21. The Balaban J connectivity index is 1.76. The van der Waals surface area contributed by atoms with Crippen LogP contribution in [0.25, 0.3) is 0 Å². The summed E-state index contributed by atoms with van der Waals surface area (Å²) in [5, 5.41) is 8.75. The Labute approximate surface area is 152 Å². The van der Waals surface area contributed by atoms with Crippen LogP contribution in [0.5, 0.6) is 0 Å². The molecule has 0 unspecified atom stereocenters. The predicted octanol–water partition coefficient (Wildman–Crippen LogP) is 2.18. The Hall–Kier alpha value is -1.74. The van der Waals surface area contributed by atoms with E-state index in [0.717, 1.165) is 24.4 Å². The van der Waals surface area contributed by atoms with Gasteiger partial charge in [0, 0.05) is 18.0 Å². The molecule has 8 heteroatoms. The van der Waals surface area contributed by atoms with E-state index in [0.29, 0.717) is 17.8 Å². The molecular formula is C17H22N2O4S2. The van der Waals surface area contributed by atoms with Crippen LogP contribution >= 0.6 is 11.3 Å². The number of carboxylic acids is 1. The first-order valence-corrected chi connectivity index (χ1v) is 10.2. The Morgan fingerprint density at radius 3 is 2.60 bits per heavy atom. The fraction of sp³-hybridized carbons (Fsp3) is 0.353. The van der Waals surface area contributed by atoms with E-state index in [4.69, 9.17) is 5.11 Å². The lowest BCUT2D eigenvalue weighted by Gasteiger charge is -2.16. The fourth-order valence-electron chi connectivity index (χ4n) is 2.35. The third-order valence-electron chi connectivity index (χ3n) is 3.53. The highest BCUT2D eigenvalue weighted by molar-refractivity contribution is 7.91. The molecule has 1 aromatic carbocycles. The number of aliphatic carboxylic acids is 1. The lowest BCUT2D eigenvalue weighted by molar-refractivity contribution is -0.136. The van der Waals surface area contributed by atoms with E-state index in [2.05, 4.69) is 21.8 Å². The molecule has 0 aliphatic carbocycles. The number of sulfonamides is 1. The Bertz CT molecular complexity index is 788. The Kier molecular flexibility index (Phi) is 7.12. The van der Waals surface area contributed by atoms with Gasteiger partial charge in [-0.3, -0.25) is 4.79 Å². The predicted molar refractivity (Wildman–Crippen MR) is 98.2 cm³/mol. The Morgan fingerprint density at radius 1 is 1.20 bits per heavy atom. The summed E-state index contributed by atoms with van der Waals surface area (Å²) >= 11 is 0.993. The van der Waals surface area contributed by atoms with Crippen LogP contribution in [-0.2, 0) is 27.8 Å². The molecule has 25 heavy (non-hydrogen) atoms. The molecule has 136 valence electrons. The average molecular weight is 383 g/mol. The second-order valence-electron chi connectivity index (χ2n) is 5.77. The van der Waals surface area contributed by atoms with Crippen LogP contribution in [0.15, 0.2) is 46.7 Å². The van der Waals surface area contributed by atoms with Crippen molar-refractivity contribution in [1.82, 2.24) is 9.62 Å². The minimum absolute atomic E-state index is 0.154. The van der Waals surface area contributed by atoms with Gasteiger partial charge in [-0.25, -0.2) is 13.1 Å². The largest absolute Gasteiger partial charge is 0.481 e. The summed E-state index contributed by atoms with van der Waals surface area (Å²) in [6.07, 6.45) is 0.528. The molecular weight excluding hydrogens is 360 g/mol. The van der Waals surface area contributed by atoms with Crippen molar-refractivity contribution in [1.29, 1.82) is 0 Å². The lowest BCUT2D eigenvalue weighted by Crippen LogP contribution is -2.27. The van der Waals surface area contributed by atoms with Crippen molar-refractivity contribution in [2.75, 3.05) is 20.1 Å². The molecule has 2 aromatic rings. The molecule has 0 bridgehead atoms. The molecule has 0 fully saturated rings. The molecule has 0 aliphatic rings. The van der Waals surface area contributed by atoms with Crippen LogP contribution in [0.4, 0.5) is 0 Å². The van der Waals surface area contributed by atoms with Gasteiger partial charge in [-0.15, -0.1) is 11.3 Å². The number of nitrogens with zero attached hydrogens (tertiary/aromatic N) is 1. The van der Waals surface area contributed by atoms with Crippen LogP contribution in [0.1, 0.15) is 16.9 Å². The molecule has 0 radical (unpaired) electrons. The first-order chi connectivity index (χ1) is 11.9. The van der Waals surface area contributed by atoms with E-state index in [1.165, 1.54) is 11.6 Å². The highest BCUT2D eigenvalue weighted by atomic mass is 32.2. The number of thiophene rings is 1. The maximum atomic E-state index is 12.2. The minimum Gasteiger partial charge on any atom is -0.481 e. The quantitative estimate of drug-likeness (QED) is 0.615. The SMILES string of the molecule is CN(CCCNS(=O)(=O)c1ccc(CC(=O)O)s1)Cc1ccccc1. The zero-order valence-corrected chi connectivity index (χ0v) is 15.6. The van der Waals surface area contributed by atoms with Gasteiger partial charge in [-0.2, -0.15) is 0 Å². The number of benzene rings is 1. The molecule has 1 heterocycles. The first kappa shape index (κ1) is 19.6. The normalized spacial score (nSPS) is 11.8. The number of nitrogens with one attached hydrogen (secondary N) is 1. The van der Waals surface area contributed by atoms with E-state index in [-0.39, 0.29) is 10.6 Å². The van der Waals surface area contributed by atoms with Crippen molar-refractivity contribution >= 4 is 27.3 Å². The van der Waals surface area contributed by atoms with E-state index in [9.17, 15) is 13.2 Å². The number of carboxylic acid groups (broad SMARTS) is 1. The van der Waals surface area contributed by atoms with Gasteiger partial charge in [0.05, 0.1) is 6.42 Å². The zero-order valence-electron chi connectivity index (χ0n) is 14.0.